The number of nitrogens with zero attached hydrogens (tertiary/aromatic N) is 2. The number of rotatable bonds is 7. The Morgan fingerprint density at radius 1 is 1.31 bits per heavy atom. The van der Waals surface area contributed by atoms with E-state index in [2.05, 4.69) is 15.1 Å². The number of imidazole rings is 1. The lowest BCUT2D eigenvalue weighted by molar-refractivity contribution is 0.0512. The van der Waals surface area contributed by atoms with Gasteiger partial charge in [0.1, 0.15) is 17.1 Å². The highest BCUT2D eigenvalue weighted by atomic mass is 16.5. The lowest BCUT2D eigenvalue weighted by Crippen LogP contribution is -2.14. The highest BCUT2D eigenvalue weighted by molar-refractivity contribution is 6.15. The molecule has 8 heteroatoms. The van der Waals surface area contributed by atoms with E-state index in [0.717, 1.165) is 18.4 Å². The van der Waals surface area contributed by atoms with E-state index < -0.39 is 5.97 Å². The molecule has 8 nitrogen and oxygen atoms in total. The standard InChI is InChI=1S/C21H21N3O5/c1-4-28-21(26)16-15(19(29-24-16)12-5-6-12)17(25)13-7-8-14(18(27-3)11(13)2)20-22-9-10-23-20/h7-10,12H,4-6H2,1-3H3,(H,22,23). The highest BCUT2D eigenvalue weighted by Gasteiger charge is 2.38. The smallest absolute Gasteiger partial charge is 0.361 e. The first kappa shape index (κ1) is 18.9. The van der Waals surface area contributed by atoms with Gasteiger partial charge in [-0.05, 0) is 38.8 Å². The van der Waals surface area contributed by atoms with Crippen LogP contribution in [0, 0.1) is 6.92 Å². The van der Waals surface area contributed by atoms with E-state index in [-0.39, 0.29) is 29.6 Å². The van der Waals surface area contributed by atoms with Crippen LogP contribution < -0.4 is 4.74 Å². The maximum absolute atomic E-state index is 13.5. The zero-order chi connectivity index (χ0) is 20.5. The van der Waals surface area contributed by atoms with Crippen LogP contribution in [0.5, 0.6) is 5.75 Å². The number of hydrogen-bond donors (Lipinski definition) is 1. The molecular weight excluding hydrogens is 374 g/mol. The molecule has 0 radical (unpaired) electrons. The molecule has 0 spiro atoms. The first-order valence-electron chi connectivity index (χ1n) is 9.45. The van der Waals surface area contributed by atoms with Gasteiger partial charge >= 0.3 is 5.97 Å². The van der Waals surface area contributed by atoms with Gasteiger partial charge in [-0.2, -0.15) is 0 Å². The molecule has 3 aromatic rings. The van der Waals surface area contributed by atoms with Crippen molar-refractivity contribution in [2.24, 2.45) is 0 Å². The first-order chi connectivity index (χ1) is 14.1. The van der Waals surface area contributed by atoms with Crippen LogP contribution in [-0.4, -0.2) is 40.6 Å². The number of carbonyl (C=O) groups excluding carboxylic acids is 2. The van der Waals surface area contributed by atoms with Crippen LogP contribution in [-0.2, 0) is 4.74 Å². The molecule has 1 aliphatic rings. The molecule has 1 N–H and O–H groups in total. The summed E-state index contributed by atoms with van der Waals surface area (Å²) >= 11 is 0. The molecular formula is C21H21N3O5. The van der Waals surface area contributed by atoms with E-state index in [4.69, 9.17) is 14.0 Å². The number of ether oxygens (including phenoxy) is 2. The Kier molecular flexibility index (Phi) is 4.92. The molecule has 2 aromatic heterocycles. The second-order valence-electron chi connectivity index (χ2n) is 6.85. The Morgan fingerprint density at radius 3 is 2.72 bits per heavy atom. The fourth-order valence-corrected chi connectivity index (χ4v) is 3.42. The van der Waals surface area contributed by atoms with E-state index in [0.29, 0.717) is 28.5 Å². The Balaban J connectivity index is 1.81. The number of methoxy groups -OCH3 is 1. The Hall–Kier alpha value is -3.42. The monoisotopic (exact) mass is 395 g/mol. The third-order valence-corrected chi connectivity index (χ3v) is 4.97. The second kappa shape index (κ2) is 7.54. The fraction of sp³-hybridized carbons (Fsp3) is 0.333. The van der Waals surface area contributed by atoms with Crippen molar-refractivity contribution in [2.75, 3.05) is 13.7 Å². The van der Waals surface area contributed by atoms with Crippen molar-refractivity contribution in [3.05, 3.63) is 52.7 Å². The summed E-state index contributed by atoms with van der Waals surface area (Å²) in [5.74, 6) is 0.731. The molecule has 0 saturated heterocycles. The molecule has 1 aliphatic carbocycles. The van der Waals surface area contributed by atoms with Crippen LogP contribution in [0.3, 0.4) is 0 Å². The number of benzene rings is 1. The summed E-state index contributed by atoms with van der Waals surface area (Å²) in [4.78, 5) is 33.1. The van der Waals surface area contributed by atoms with Gasteiger partial charge in [-0.3, -0.25) is 4.79 Å². The minimum Gasteiger partial charge on any atom is -0.496 e. The lowest BCUT2D eigenvalue weighted by atomic mass is 9.94. The molecule has 29 heavy (non-hydrogen) atoms. The van der Waals surface area contributed by atoms with Crippen molar-refractivity contribution in [3.63, 3.8) is 0 Å². The minimum atomic E-state index is -0.664. The van der Waals surface area contributed by atoms with Gasteiger partial charge in [0.15, 0.2) is 11.5 Å². The molecule has 0 bridgehead atoms. The third kappa shape index (κ3) is 3.30. The van der Waals surface area contributed by atoms with Gasteiger partial charge in [-0.15, -0.1) is 0 Å². The van der Waals surface area contributed by atoms with Crippen LogP contribution in [0.25, 0.3) is 11.4 Å². The summed E-state index contributed by atoms with van der Waals surface area (Å²) in [6.07, 6.45) is 5.16. The van der Waals surface area contributed by atoms with E-state index in [9.17, 15) is 9.59 Å². The summed E-state index contributed by atoms with van der Waals surface area (Å²) in [5.41, 5.74) is 1.90. The van der Waals surface area contributed by atoms with Crippen LogP contribution in [0.2, 0.25) is 0 Å². The molecule has 0 aliphatic heterocycles. The molecule has 0 atom stereocenters. The van der Waals surface area contributed by atoms with E-state index in [1.807, 2.05) is 0 Å². The highest BCUT2D eigenvalue weighted by Crippen LogP contribution is 2.43. The van der Waals surface area contributed by atoms with Gasteiger partial charge in [-0.1, -0.05) is 5.16 Å². The predicted molar refractivity (Wildman–Crippen MR) is 103 cm³/mol. The van der Waals surface area contributed by atoms with Gasteiger partial charge in [0.2, 0.25) is 5.69 Å². The summed E-state index contributed by atoms with van der Waals surface area (Å²) in [7, 11) is 1.54. The number of aromatic amines is 1. The van der Waals surface area contributed by atoms with Crippen molar-refractivity contribution < 1.29 is 23.6 Å². The van der Waals surface area contributed by atoms with Gasteiger partial charge in [-0.25, -0.2) is 9.78 Å². The molecule has 1 saturated carbocycles. The van der Waals surface area contributed by atoms with Crippen LogP contribution in [0.15, 0.2) is 29.0 Å². The molecule has 4 rings (SSSR count). The summed E-state index contributed by atoms with van der Waals surface area (Å²) < 4.78 is 16.0. The SMILES string of the molecule is CCOC(=O)c1noc(C2CC2)c1C(=O)c1ccc(-c2ncc[nH]2)c(OC)c1C. The minimum absolute atomic E-state index is 0.0766. The van der Waals surface area contributed by atoms with Gasteiger partial charge in [0, 0.05) is 29.4 Å². The average molecular weight is 395 g/mol. The van der Waals surface area contributed by atoms with Crippen LogP contribution in [0.1, 0.15) is 63.4 Å². The molecule has 0 amide bonds. The lowest BCUT2D eigenvalue weighted by Gasteiger charge is -2.14. The molecule has 0 unspecified atom stereocenters. The quantitative estimate of drug-likeness (QED) is 0.480. The molecule has 2 heterocycles. The largest absolute Gasteiger partial charge is 0.496 e. The first-order valence-corrected chi connectivity index (χ1v) is 9.45. The number of ketones is 1. The van der Waals surface area contributed by atoms with E-state index in [1.165, 1.54) is 0 Å². The summed E-state index contributed by atoms with van der Waals surface area (Å²) in [6, 6.07) is 3.48. The summed E-state index contributed by atoms with van der Waals surface area (Å²) in [6.45, 7) is 3.68. The summed E-state index contributed by atoms with van der Waals surface area (Å²) in [5, 5.41) is 3.86. The topological polar surface area (TPSA) is 107 Å². The second-order valence-corrected chi connectivity index (χ2v) is 6.85. The maximum atomic E-state index is 13.5. The van der Waals surface area contributed by atoms with E-state index >= 15 is 0 Å². The predicted octanol–water partition coefficient (Wildman–Crippen LogP) is 3.67. The number of aromatic nitrogens is 3. The molecule has 1 fully saturated rings. The Labute approximate surface area is 167 Å². The number of H-pyrrole nitrogens is 1. The van der Waals surface area contributed by atoms with Crippen molar-refractivity contribution in [1.82, 2.24) is 15.1 Å². The number of nitrogens with one attached hydrogen (secondary N) is 1. The normalized spacial score (nSPS) is 13.3. The zero-order valence-electron chi connectivity index (χ0n) is 16.4. The van der Waals surface area contributed by atoms with Crippen molar-refractivity contribution in [3.8, 4) is 17.1 Å². The fourth-order valence-electron chi connectivity index (χ4n) is 3.42. The van der Waals surface area contributed by atoms with Gasteiger partial charge in [0.25, 0.3) is 0 Å². The Bertz CT molecular complexity index is 1060. The molecule has 1 aromatic carbocycles. The molecule has 150 valence electrons. The average Bonchev–Trinajstić information content (AvgIpc) is 3.24. The zero-order valence-corrected chi connectivity index (χ0v) is 16.4. The number of esters is 1. The van der Waals surface area contributed by atoms with Crippen LogP contribution >= 0.6 is 0 Å². The van der Waals surface area contributed by atoms with E-state index in [1.54, 1.807) is 45.5 Å². The van der Waals surface area contributed by atoms with Crippen LogP contribution in [0.4, 0.5) is 0 Å². The van der Waals surface area contributed by atoms with Crippen molar-refractivity contribution >= 4 is 11.8 Å². The number of hydrogen-bond acceptors (Lipinski definition) is 7. The number of carbonyl (C=O) groups is 2. The third-order valence-electron chi connectivity index (χ3n) is 4.97. The van der Waals surface area contributed by atoms with Gasteiger partial charge in [0.05, 0.1) is 19.3 Å². The van der Waals surface area contributed by atoms with Crippen molar-refractivity contribution in [2.45, 2.75) is 32.6 Å². The maximum Gasteiger partial charge on any atom is 0.361 e. The Morgan fingerprint density at radius 2 is 2.10 bits per heavy atom. The van der Waals surface area contributed by atoms with Gasteiger partial charge < -0.3 is 19.0 Å². The van der Waals surface area contributed by atoms with Crippen molar-refractivity contribution in [1.29, 1.82) is 0 Å².